The summed E-state index contributed by atoms with van der Waals surface area (Å²) < 4.78 is 0.577. The minimum absolute atomic E-state index is 0.0958. The lowest BCUT2D eigenvalue weighted by atomic mass is 10.2. The van der Waals surface area contributed by atoms with E-state index in [9.17, 15) is 4.79 Å². The predicted molar refractivity (Wildman–Crippen MR) is 72.3 cm³/mol. The molecule has 0 bridgehead atoms. The zero-order valence-corrected chi connectivity index (χ0v) is 11.4. The van der Waals surface area contributed by atoms with Gasteiger partial charge in [0.15, 0.2) is 0 Å². The van der Waals surface area contributed by atoms with Crippen LogP contribution in [0.5, 0.6) is 0 Å². The van der Waals surface area contributed by atoms with Gasteiger partial charge in [-0.1, -0.05) is 6.07 Å². The molecule has 0 saturated carbocycles. The van der Waals surface area contributed by atoms with Crippen molar-refractivity contribution in [3.8, 4) is 0 Å². The number of carbonyl (C=O) groups excluding carboxylic acids is 1. The van der Waals surface area contributed by atoms with Crippen molar-refractivity contribution >= 4 is 33.2 Å². The Morgan fingerprint density at radius 2 is 2.29 bits per heavy atom. The third-order valence-electron chi connectivity index (χ3n) is 2.24. The molecule has 17 heavy (non-hydrogen) atoms. The SMILES string of the molecule is O=C(NCCc1cccs1)c1cccnc1Br. The second-order valence-electron chi connectivity index (χ2n) is 3.43. The predicted octanol–water partition coefficient (Wildman–Crippen LogP) is 2.88. The molecular formula is C12H11BrN2OS. The molecule has 2 aromatic rings. The molecule has 0 saturated heterocycles. The Balaban J connectivity index is 1.88. The standard InChI is InChI=1S/C12H11BrN2OS/c13-11-10(4-1-6-14-11)12(16)15-7-5-9-3-2-8-17-9/h1-4,6,8H,5,7H2,(H,15,16). The van der Waals surface area contributed by atoms with Gasteiger partial charge < -0.3 is 5.32 Å². The number of amides is 1. The molecule has 0 aliphatic heterocycles. The molecule has 0 radical (unpaired) electrons. The first-order chi connectivity index (χ1) is 8.27. The third kappa shape index (κ3) is 3.38. The van der Waals surface area contributed by atoms with Crippen LogP contribution in [0.4, 0.5) is 0 Å². The van der Waals surface area contributed by atoms with Gasteiger partial charge in [-0.15, -0.1) is 11.3 Å². The molecule has 0 aromatic carbocycles. The topological polar surface area (TPSA) is 42.0 Å². The summed E-state index contributed by atoms with van der Waals surface area (Å²) in [5.41, 5.74) is 0.568. The molecule has 0 aliphatic carbocycles. The molecule has 1 N–H and O–H groups in total. The van der Waals surface area contributed by atoms with Crippen LogP contribution < -0.4 is 5.32 Å². The van der Waals surface area contributed by atoms with Gasteiger partial charge in [0.2, 0.25) is 0 Å². The fraction of sp³-hybridized carbons (Fsp3) is 0.167. The summed E-state index contributed by atoms with van der Waals surface area (Å²) in [6, 6.07) is 7.58. The second-order valence-corrected chi connectivity index (χ2v) is 5.21. The van der Waals surface area contributed by atoms with Crippen molar-refractivity contribution in [2.75, 3.05) is 6.54 Å². The second kappa shape index (κ2) is 5.93. The fourth-order valence-electron chi connectivity index (χ4n) is 1.40. The van der Waals surface area contributed by atoms with Crippen molar-refractivity contribution in [3.63, 3.8) is 0 Å². The van der Waals surface area contributed by atoms with Crippen LogP contribution in [0.15, 0.2) is 40.4 Å². The van der Waals surface area contributed by atoms with E-state index >= 15 is 0 Å². The van der Waals surface area contributed by atoms with E-state index in [1.807, 2.05) is 11.4 Å². The van der Waals surface area contributed by atoms with Crippen LogP contribution in [0.1, 0.15) is 15.2 Å². The minimum atomic E-state index is -0.0958. The van der Waals surface area contributed by atoms with Crippen LogP contribution >= 0.6 is 27.3 Å². The summed E-state index contributed by atoms with van der Waals surface area (Å²) in [6.07, 6.45) is 2.51. The average molecular weight is 311 g/mol. The maximum atomic E-state index is 11.8. The van der Waals surface area contributed by atoms with E-state index in [1.165, 1.54) is 4.88 Å². The highest BCUT2D eigenvalue weighted by Gasteiger charge is 2.09. The molecule has 2 aromatic heterocycles. The smallest absolute Gasteiger partial charge is 0.254 e. The molecule has 2 heterocycles. The summed E-state index contributed by atoms with van der Waals surface area (Å²) in [4.78, 5) is 17.1. The van der Waals surface area contributed by atoms with Crippen LogP contribution in [-0.2, 0) is 6.42 Å². The number of pyridine rings is 1. The van der Waals surface area contributed by atoms with Crippen molar-refractivity contribution < 1.29 is 4.79 Å². The van der Waals surface area contributed by atoms with E-state index in [4.69, 9.17) is 0 Å². The summed E-state index contributed by atoms with van der Waals surface area (Å²) in [6.45, 7) is 0.640. The van der Waals surface area contributed by atoms with Gasteiger partial charge in [0.25, 0.3) is 5.91 Å². The monoisotopic (exact) mass is 310 g/mol. The van der Waals surface area contributed by atoms with Crippen molar-refractivity contribution in [1.82, 2.24) is 10.3 Å². The lowest BCUT2D eigenvalue weighted by Gasteiger charge is -2.05. The lowest BCUT2D eigenvalue weighted by Crippen LogP contribution is -2.26. The van der Waals surface area contributed by atoms with Crippen molar-refractivity contribution in [3.05, 3.63) is 50.9 Å². The first kappa shape index (κ1) is 12.3. The van der Waals surface area contributed by atoms with Crippen molar-refractivity contribution in [2.45, 2.75) is 6.42 Å². The third-order valence-corrected chi connectivity index (χ3v) is 3.81. The summed E-state index contributed by atoms with van der Waals surface area (Å²) in [5, 5.41) is 4.91. The highest BCUT2D eigenvalue weighted by molar-refractivity contribution is 9.10. The number of halogens is 1. The van der Waals surface area contributed by atoms with E-state index in [1.54, 1.807) is 29.7 Å². The maximum absolute atomic E-state index is 11.8. The van der Waals surface area contributed by atoms with Crippen LogP contribution in [0, 0.1) is 0 Å². The number of hydrogen-bond acceptors (Lipinski definition) is 3. The van der Waals surface area contributed by atoms with Gasteiger partial charge in [0.1, 0.15) is 4.60 Å². The molecule has 0 fully saturated rings. The number of thiophene rings is 1. The van der Waals surface area contributed by atoms with Crippen LogP contribution in [0.2, 0.25) is 0 Å². The summed E-state index contributed by atoms with van der Waals surface area (Å²) in [5.74, 6) is -0.0958. The van der Waals surface area contributed by atoms with E-state index in [0.717, 1.165) is 6.42 Å². The number of nitrogens with zero attached hydrogens (tertiary/aromatic N) is 1. The van der Waals surface area contributed by atoms with E-state index < -0.39 is 0 Å². The number of rotatable bonds is 4. The van der Waals surface area contributed by atoms with Gasteiger partial charge in [-0.05, 0) is 45.9 Å². The molecule has 0 atom stereocenters. The Hall–Kier alpha value is -1.20. The Labute approximate surface area is 112 Å². The van der Waals surface area contributed by atoms with Gasteiger partial charge in [0.05, 0.1) is 5.56 Å². The average Bonchev–Trinajstić information content (AvgIpc) is 2.82. The highest BCUT2D eigenvalue weighted by Crippen LogP contribution is 2.12. The molecule has 0 aliphatic rings. The molecule has 3 nitrogen and oxygen atoms in total. The maximum Gasteiger partial charge on any atom is 0.254 e. The van der Waals surface area contributed by atoms with Gasteiger partial charge in [-0.2, -0.15) is 0 Å². The van der Waals surface area contributed by atoms with Crippen LogP contribution in [-0.4, -0.2) is 17.4 Å². The van der Waals surface area contributed by atoms with E-state index in [-0.39, 0.29) is 5.91 Å². The minimum Gasteiger partial charge on any atom is -0.352 e. The lowest BCUT2D eigenvalue weighted by molar-refractivity contribution is 0.0953. The Kier molecular flexibility index (Phi) is 4.28. The van der Waals surface area contributed by atoms with Crippen molar-refractivity contribution in [1.29, 1.82) is 0 Å². The summed E-state index contributed by atoms with van der Waals surface area (Å²) >= 11 is 4.96. The van der Waals surface area contributed by atoms with Crippen LogP contribution in [0.3, 0.4) is 0 Å². The molecule has 1 amide bonds. The number of carbonyl (C=O) groups is 1. The molecule has 88 valence electrons. The highest BCUT2D eigenvalue weighted by atomic mass is 79.9. The van der Waals surface area contributed by atoms with E-state index in [2.05, 4.69) is 32.3 Å². The van der Waals surface area contributed by atoms with Gasteiger partial charge in [-0.3, -0.25) is 4.79 Å². The van der Waals surface area contributed by atoms with Crippen molar-refractivity contribution in [2.24, 2.45) is 0 Å². The normalized spacial score (nSPS) is 10.2. The molecule has 2 rings (SSSR count). The largest absolute Gasteiger partial charge is 0.352 e. The van der Waals surface area contributed by atoms with Gasteiger partial charge in [-0.25, -0.2) is 4.98 Å². The van der Waals surface area contributed by atoms with Crippen LogP contribution in [0.25, 0.3) is 0 Å². The van der Waals surface area contributed by atoms with E-state index in [0.29, 0.717) is 16.7 Å². The molecule has 0 spiro atoms. The summed E-state index contributed by atoms with van der Waals surface area (Å²) in [7, 11) is 0. The molecule has 5 heteroatoms. The number of nitrogens with one attached hydrogen (secondary N) is 1. The fourth-order valence-corrected chi connectivity index (χ4v) is 2.54. The number of aromatic nitrogens is 1. The van der Waals surface area contributed by atoms with Gasteiger partial charge in [0, 0.05) is 17.6 Å². The molecule has 0 unspecified atom stereocenters. The Bertz CT molecular complexity index is 499. The molecular weight excluding hydrogens is 300 g/mol. The first-order valence-electron chi connectivity index (χ1n) is 5.18. The Morgan fingerprint density at radius 3 is 3.00 bits per heavy atom. The zero-order valence-electron chi connectivity index (χ0n) is 9.02. The zero-order chi connectivity index (χ0) is 12.1. The quantitative estimate of drug-likeness (QED) is 0.882. The number of hydrogen-bond donors (Lipinski definition) is 1. The Morgan fingerprint density at radius 1 is 1.41 bits per heavy atom. The first-order valence-corrected chi connectivity index (χ1v) is 6.86. The van der Waals surface area contributed by atoms with Gasteiger partial charge >= 0.3 is 0 Å².